The Labute approximate surface area is 125 Å². The van der Waals surface area contributed by atoms with E-state index in [4.69, 9.17) is 4.99 Å². The van der Waals surface area contributed by atoms with Gasteiger partial charge in [-0.3, -0.25) is 0 Å². The molecule has 0 aliphatic heterocycles. The Bertz CT molecular complexity index is 583. The molecule has 2 aromatic rings. The lowest BCUT2D eigenvalue weighted by Crippen LogP contribution is -2.18. The van der Waals surface area contributed by atoms with Crippen LogP contribution in [-0.4, -0.2) is 24.2 Å². The molecule has 2 nitrogen and oxygen atoms in total. The van der Waals surface area contributed by atoms with Crippen LogP contribution < -0.4 is 0 Å². The van der Waals surface area contributed by atoms with Crippen molar-refractivity contribution in [3.05, 3.63) is 59.7 Å². The average Bonchev–Trinajstić information content (AvgIpc) is 2.38. The zero-order chi connectivity index (χ0) is 14.5. The van der Waals surface area contributed by atoms with E-state index in [1.54, 1.807) is 11.8 Å². The molecule has 0 radical (unpaired) electrons. The Morgan fingerprint density at radius 3 is 2.10 bits per heavy atom. The quantitative estimate of drug-likeness (QED) is 0.453. The normalized spacial score (nSPS) is 11.5. The fourth-order valence-corrected chi connectivity index (χ4v) is 2.96. The second-order valence-electron chi connectivity index (χ2n) is 5.05. The van der Waals surface area contributed by atoms with Gasteiger partial charge in [-0.15, -0.1) is 0 Å². The first kappa shape index (κ1) is 14.7. The molecule has 0 fully saturated rings. The van der Waals surface area contributed by atoms with Crippen LogP contribution in [0.5, 0.6) is 0 Å². The number of hydrogen-bond acceptors (Lipinski definition) is 2. The number of thioether (sulfide) groups is 1. The smallest absolute Gasteiger partial charge is 0.168 e. The highest BCUT2D eigenvalue weighted by atomic mass is 32.2. The summed E-state index contributed by atoms with van der Waals surface area (Å²) in [5.74, 6) is 0. The van der Waals surface area contributed by atoms with Crippen molar-refractivity contribution in [2.45, 2.75) is 18.7 Å². The van der Waals surface area contributed by atoms with Crippen molar-refractivity contribution in [1.29, 1.82) is 0 Å². The maximum Gasteiger partial charge on any atom is 0.168 e. The van der Waals surface area contributed by atoms with E-state index in [1.165, 1.54) is 16.0 Å². The van der Waals surface area contributed by atoms with Gasteiger partial charge in [0.05, 0.1) is 5.69 Å². The largest absolute Gasteiger partial charge is 0.357 e. The molecule has 0 atom stereocenters. The molecule has 0 amide bonds. The fraction of sp³-hybridized carbons (Fsp3) is 0.235. The van der Waals surface area contributed by atoms with Gasteiger partial charge in [0.1, 0.15) is 0 Å². The number of rotatable bonds is 2. The molecule has 104 valence electrons. The summed E-state index contributed by atoms with van der Waals surface area (Å²) in [5, 5.41) is 0.987. The van der Waals surface area contributed by atoms with E-state index in [-0.39, 0.29) is 0 Å². The third-order valence-corrected chi connectivity index (χ3v) is 3.88. The van der Waals surface area contributed by atoms with E-state index in [0.717, 1.165) is 10.9 Å². The summed E-state index contributed by atoms with van der Waals surface area (Å²) >= 11 is 1.70. The highest BCUT2D eigenvalue weighted by Crippen LogP contribution is 2.25. The van der Waals surface area contributed by atoms with E-state index in [1.807, 2.05) is 44.4 Å². The SMILES string of the molecule is Cc1cc(C)cc(SC(=Nc2ccccc2)N(C)C)c1. The van der Waals surface area contributed by atoms with Gasteiger partial charge in [0.15, 0.2) is 5.17 Å². The first-order valence-corrected chi connectivity index (χ1v) is 7.43. The maximum absolute atomic E-state index is 4.72. The van der Waals surface area contributed by atoms with Gasteiger partial charge in [0, 0.05) is 19.0 Å². The molecule has 0 aliphatic rings. The minimum Gasteiger partial charge on any atom is -0.357 e. The van der Waals surface area contributed by atoms with E-state index >= 15 is 0 Å². The van der Waals surface area contributed by atoms with Crippen LogP contribution in [0, 0.1) is 13.8 Å². The average molecular weight is 284 g/mol. The van der Waals surface area contributed by atoms with Crippen LogP contribution in [0.2, 0.25) is 0 Å². The van der Waals surface area contributed by atoms with Gasteiger partial charge in [-0.25, -0.2) is 4.99 Å². The van der Waals surface area contributed by atoms with Crippen molar-refractivity contribution in [2.75, 3.05) is 14.1 Å². The molecular formula is C17H20N2S. The molecule has 2 aromatic carbocycles. The number of aliphatic imine (C=N–C) groups is 1. The molecule has 0 aliphatic carbocycles. The molecule has 0 aromatic heterocycles. The summed E-state index contributed by atoms with van der Waals surface area (Å²) in [6, 6.07) is 16.6. The zero-order valence-electron chi connectivity index (χ0n) is 12.4. The summed E-state index contributed by atoms with van der Waals surface area (Å²) in [4.78, 5) is 8.00. The Morgan fingerprint density at radius 2 is 1.55 bits per heavy atom. The van der Waals surface area contributed by atoms with Crippen molar-refractivity contribution in [3.8, 4) is 0 Å². The van der Waals surface area contributed by atoms with Crippen LogP contribution >= 0.6 is 11.8 Å². The second kappa shape index (κ2) is 6.62. The van der Waals surface area contributed by atoms with Crippen molar-refractivity contribution in [3.63, 3.8) is 0 Å². The van der Waals surface area contributed by atoms with Crippen LogP contribution in [0.1, 0.15) is 11.1 Å². The van der Waals surface area contributed by atoms with Gasteiger partial charge in [-0.2, -0.15) is 0 Å². The number of aryl methyl sites for hydroxylation is 2. The number of benzene rings is 2. The third-order valence-electron chi connectivity index (χ3n) is 2.77. The standard InChI is InChI=1S/C17H20N2S/c1-13-10-14(2)12-16(11-13)20-17(19(3)4)18-15-8-6-5-7-9-15/h5-12H,1-4H3. The maximum atomic E-state index is 4.72. The molecule has 0 saturated carbocycles. The Kier molecular flexibility index (Phi) is 4.85. The summed E-state index contributed by atoms with van der Waals surface area (Å²) in [5.41, 5.74) is 3.55. The van der Waals surface area contributed by atoms with Crippen molar-refractivity contribution in [2.24, 2.45) is 4.99 Å². The molecule has 0 heterocycles. The summed E-state index contributed by atoms with van der Waals surface area (Å²) in [6.45, 7) is 4.25. The summed E-state index contributed by atoms with van der Waals surface area (Å²) < 4.78 is 0. The number of para-hydroxylation sites is 1. The van der Waals surface area contributed by atoms with Crippen LogP contribution in [-0.2, 0) is 0 Å². The Morgan fingerprint density at radius 1 is 0.950 bits per heavy atom. The van der Waals surface area contributed by atoms with E-state index in [0.29, 0.717) is 0 Å². The van der Waals surface area contributed by atoms with Gasteiger partial charge in [0.2, 0.25) is 0 Å². The van der Waals surface area contributed by atoms with Gasteiger partial charge >= 0.3 is 0 Å². The first-order valence-electron chi connectivity index (χ1n) is 6.62. The van der Waals surface area contributed by atoms with Crippen molar-refractivity contribution in [1.82, 2.24) is 4.90 Å². The second-order valence-corrected chi connectivity index (χ2v) is 6.09. The highest BCUT2D eigenvalue weighted by Gasteiger charge is 2.06. The molecule has 0 unspecified atom stereocenters. The van der Waals surface area contributed by atoms with Crippen LogP contribution in [0.25, 0.3) is 0 Å². The molecule has 2 rings (SSSR count). The van der Waals surface area contributed by atoms with E-state index in [9.17, 15) is 0 Å². The topological polar surface area (TPSA) is 15.6 Å². The Hall–Kier alpha value is -1.74. The van der Waals surface area contributed by atoms with Crippen LogP contribution in [0.15, 0.2) is 58.4 Å². The lowest BCUT2D eigenvalue weighted by molar-refractivity contribution is 0.636. The Balaban J connectivity index is 2.28. The molecule has 3 heteroatoms. The molecule has 0 N–H and O–H groups in total. The van der Waals surface area contributed by atoms with Crippen LogP contribution in [0.4, 0.5) is 5.69 Å². The highest BCUT2D eigenvalue weighted by molar-refractivity contribution is 8.13. The number of amidine groups is 1. The van der Waals surface area contributed by atoms with E-state index in [2.05, 4.69) is 36.9 Å². The minimum absolute atomic E-state index is 0.980. The molecule has 0 bridgehead atoms. The molecule has 0 saturated heterocycles. The lowest BCUT2D eigenvalue weighted by Gasteiger charge is -2.15. The van der Waals surface area contributed by atoms with Crippen molar-refractivity contribution < 1.29 is 0 Å². The van der Waals surface area contributed by atoms with Gasteiger partial charge in [0.25, 0.3) is 0 Å². The van der Waals surface area contributed by atoms with Gasteiger partial charge in [-0.1, -0.05) is 36.0 Å². The van der Waals surface area contributed by atoms with E-state index < -0.39 is 0 Å². The predicted octanol–water partition coefficient (Wildman–Crippen LogP) is 4.64. The lowest BCUT2D eigenvalue weighted by atomic mass is 10.2. The first-order chi connectivity index (χ1) is 9.54. The fourth-order valence-electron chi connectivity index (χ4n) is 1.92. The predicted molar refractivity (Wildman–Crippen MR) is 89.0 cm³/mol. The summed E-state index contributed by atoms with van der Waals surface area (Å²) in [6.07, 6.45) is 0. The van der Waals surface area contributed by atoms with Gasteiger partial charge < -0.3 is 4.90 Å². The van der Waals surface area contributed by atoms with Crippen molar-refractivity contribution >= 4 is 22.6 Å². The summed E-state index contributed by atoms with van der Waals surface area (Å²) in [7, 11) is 4.05. The van der Waals surface area contributed by atoms with Crippen LogP contribution in [0.3, 0.4) is 0 Å². The third kappa shape index (κ3) is 4.14. The molecule has 0 spiro atoms. The minimum atomic E-state index is 0.980. The zero-order valence-corrected chi connectivity index (χ0v) is 13.2. The van der Waals surface area contributed by atoms with Gasteiger partial charge in [-0.05, 0) is 49.2 Å². The molecular weight excluding hydrogens is 264 g/mol. The molecule has 20 heavy (non-hydrogen) atoms. The monoisotopic (exact) mass is 284 g/mol. The number of nitrogens with zero attached hydrogens (tertiary/aromatic N) is 2. The number of hydrogen-bond donors (Lipinski definition) is 0.